The highest BCUT2D eigenvalue weighted by molar-refractivity contribution is 7.90. The SMILES string of the molecule is Cc1cc(/C=C/C(=O)c2ccc(S(C)(=O)=O)cc2)c(OC(C)C)c(C)c1C(=O)O. The van der Waals surface area contributed by atoms with Crippen LogP contribution in [0.5, 0.6) is 5.75 Å². The zero-order valence-electron chi connectivity index (χ0n) is 17.0. The minimum Gasteiger partial charge on any atom is -0.490 e. The molecule has 2 rings (SSSR count). The number of aromatic carboxylic acids is 1. The van der Waals surface area contributed by atoms with E-state index >= 15 is 0 Å². The van der Waals surface area contributed by atoms with Gasteiger partial charge >= 0.3 is 5.97 Å². The number of carboxylic acids is 1. The van der Waals surface area contributed by atoms with Crippen LogP contribution in [-0.4, -0.2) is 37.6 Å². The zero-order valence-corrected chi connectivity index (χ0v) is 17.8. The highest BCUT2D eigenvalue weighted by Gasteiger charge is 2.19. The minimum absolute atomic E-state index is 0.140. The maximum atomic E-state index is 12.5. The highest BCUT2D eigenvalue weighted by atomic mass is 32.2. The van der Waals surface area contributed by atoms with Crippen LogP contribution in [0.2, 0.25) is 0 Å². The Morgan fingerprint density at radius 2 is 1.69 bits per heavy atom. The van der Waals surface area contributed by atoms with E-state index < -0.39 is 15.8 Å². The second-order valence-corrected chi connectivity index (χ2v) is 9.09. The first-order valence-corrected chi connectivity index (χ1v) is 10.9. The maximum absolute atomic E-state index is 12.5. The number of hydrogen-bond acceptors (Lipinski definition) is 5. The number of aryl methyl sites for hydroxylation is 1. The summed E-state index contributed by atoms with van der Waals surface area (Å²) in [5, 5.41) is 9.47. The molecule has 0 fully saturated rings. The molecule has 2 aromatic carbocycles. The Bertz CT molecular complexity index is 1080. The molecule has 0 bridgehead atoms. The second kappa shape index (κ2) is 8.61. The highest BCUT2D eigenvalue weighted by Crippen LogP contribution is 2.31. The predicted molar refractivity (Wildman–Crippen MR) is 112 cm³/mol. The van der Waals surface area contributed by atoms with E-state index in [4.69, 9.17) is 4.74 Å². The van der Waals surface area contributed by atoms with Crippen LogP contribution in [0.3, 0.4) is 0 Å². The lowest BCUT2D eigenvalue weighted by Gasteiger charge is -2.18. The maximum Gasteiger partial charge on any atom is 0.336 e. The fourth-order valence-corrected chi connectivity index (χ4v) is 3.60. The first kappa shape index (κ1) is 22.4. The van der Waals surface area contributed by atoms with Gasteiger partial charge in [-0.2, -0.15) is 0 Å². The summed E-state index contributed by atoms with van der Waals surface area (Å²) in [5.41, 5.74) is 2.18. The molecular formula is C22H24O6S. The van der Waals surface area contributed by atoms with Crippen molar-refractivity contribution >= 4 is 27.7 Å². The number of carbonyl (C=O) groups is 2. The molecular weight excluding hydrogens is 392 g/mol. The third kappa shape index (κ3) is 5.32. The molecule has 0 aromatic heterocycles. The van der Waals surface area contributed by atoms with Crippen molar-refractivity contribution in [2.24, 2.45) is 0 Å². The lowest BCUT2D eigenvalue weighted by atomic mass is 9.97. The number of benzene rings is 2. The lowest BCUT2D eigenvalue weighted by molar-refractivity contribution is 0.0694. The summed E-state index contributed by atoms with van der Waals surface area (Å²) in [4.78, 5) is 24.2. The van der Waals surface area contributed by atoms with Crippen LogP contribution in [0.4, 0.5) is 0 Å². The molecule has 2 aromatic rings. The third-order valence-electron chi connectivity index (χ3n) is 4.29. The van der Waals surface area contributed by atoms with Gasteiger partial charge in [0.15, 0.2) is 15.6 Å². The number of ether oxygens (including phenoxy) is 1. The molecule has 29 heavy (non-hydrogen) atoms. The molecule has 7 heteroatoms. The van der Waals surface area contributed by atoms with Gasteiger partial charge in [-0.05, 0) is 75.7 Å². The third-order valence-corrected chi connectivity index (χ3v) is 5.42. The molecule has 0 aliphatic carbocycles. The first-order valence-electron chi connectivity index (χ1n) is 8.98. The number of sulfone groups is 1. The van der Waals surface area contributed by atoms with Gasteiger partial charge in [-0.1, -0.05) is 0 Å². The molecule has 1 N–H and O–H groups in total. The van der Waals surface area contributed by atoms with Crippen molar-refractivity contribution < 1.29 is 27.9 Å². The summed E-state index contributed by atoms with van der Waals surface area (Å²) < 4.78 is 28.9. The van der Waals surface area contributed by atoms with Crippen LogP contribution < -0.4 is 4.74 Å². The van der Waals surface area contributed by atoms with Crippen LogP contribution in [0.15, 0.2) is 41.3 Å². The van der Waals surface area contributed by atoms with Crippen LogP contribution in [-0.2, 0) is 9.84 Å². The monoisotopic (exact) mass is 416 g/mol. The van der Waals surface area contributed by atoms with Crippen LogP contribution in [0, 0.1) is 13.8 Å². The topological polar surface area (TPSA) is 97.7 Å². The molecule has 0 saturated heterocycles. The van der Waals surface area contributed by atoms with Gasteiger partial charge in [-0.25, -0.2) is 13.2 Å². The van der Waals surface area contributed by atoms with E-state index in [9.17, 15) is 23.1 Å². The van der Waals surface area contributed by atoms with Crippen LogP contribution >= 0.6 is 0 Å². The molecule has 0 amide bonds. The fourth-order valence-electron chi connectivity index (χ4n) is 2.97. The number of rotatable bonds is 7. The minimum atomic E-state index is -3.33. The van der Waals surface area contributed by atoms with Crippen molar-refractivity contribution in [3.63, 3.8) is 0 Å². The smallest absolute Gasteiger partial charge is 0.336 e. The Morgan fingerprint density at radius 3 is 2.17 bits per heavy atom. The Hall–Kier alpha value is -2.93. The average molecular weight is 416 g/mol. The van der Waals surface area contributed by atoms with Crippen molar-refractivity contribution in [2.45, 2.75) is 38.7 Å². The molecule has 0 heterocycles. The van der Waals surface area contributed by atoms with Crippen LogP contribution in [0.1, 0.15) is 51.3 Å². The van der Waals surface area contributed by atoms with Gasteiger partial charge in [0, 0.05) is 22.9 Å². The zero-order chi connectivity index (χ0) is 21.9. The average Bonchev–Trinajstić information content (AvgIpc) is 2.61. The fraction of sp³-hybridized carbons (Fsp3) is 0.273. The quantitative estimate of drug-likeness (QED) is 0.539. The van der Waals surface area contributed by atoms with E-state index in [1.807, 2.05) is 13.8 Å². The summed E-state index contributed by atoms with van der Waals surface area (Å²) >= 11 is 0. The normalized spacial score (nSPS) is 11.8. The molecule has 6 nitrogen and oxygen atoms in total. The second-order valence-electron chi connectivity index (χ2n) is 7.08. The van der Waals surface area contributed by atoms with E-state index in [2.05, 4.69) is 0 Å². The van der Waals surface area contributed by atoms with Gasteiger partial charge in [0.25, 0.3) is 0 Å². The summed E-state index contributed by atoms with van der Waals surface area (Å²) in [6, 6.07) is 7.36. The van der Waals surface area contributed by atoms with E-state index in [-0.39, 0.29) is 22.3 Å². The van der Waals surface area contributed by atoms with Crippen molar-refractivity contribution in [1.29, 1.82) is 0 Å². The molecule has 0 spiro atoms. The standard InChI is InChI=1S/C22H24O6S/c1-13(2)28-21-15(4)20(22(24)25)14(3)12-17(21)8-11-19(23)16-6-9-18(10-7-16)29(5,26)27/h6-13H,1-5H3,(H,24,25)/b11-8+. The molecule has 0 aliphatic rings. The first-order chi connectivity index (χ1) is 13.4. The summed E-state index contributed by atoms with van der Waals surface area (Å²) in [6.07, 6.45) is 3.86. The predicted octanol–water partition coefficient (Wildman–Crippen LogP) is 4.09. The molecule has 0 radical (unpaired) electrons. The number of hydrogen-bond donors (Lipinski definition) is 1. The summed E-state index contributed by atoms with van der Waals surface area (Å²) in [7, 11) is -3.33. The molecule has 154 valence electrons. The lowest BCUT2D eigenvalue weighted by Crippen LogP contribution is -2.12. The molecule has 0 aliphatic heterocycles. The van der Waals surface area contributed by atoms with Crippen LogP contribution in [0.25, 0.3) is 6.08 Å². The van der Waals surface area contributed by atoms with Crippen molar-refractivity contribution in [1.82, 2.24) is 0 Å². The van der Waals surface area contributed by atoms with E-state index in [0.29, 0.717) is 28.0 Å². The Balaban J connectivity index is 2.43. The number of allylic oxidation sites excluding steroid dienone is 1. The number of ketones is 1. The Morgan fingerprint density at radius 1 is 1.10 bits per heavy atom. The van der Waals surface area contributed by atoms with Gasteiger partial charge in [-0.15, -0.1) is 0 Å². The van der Waals surface area contributed by atoms with Gasteiger partial charge < -0.3 is 9.84 Å². The Labute approximate surface area is 170 Å². The van der Waals surface area contributed by atoms with E-state index in [1.165, 1.54) is 30.3 Å². The molecule has 0 atom stereocenters. The van der Waals surface area contributed by atoms with Gasteiger partial charge in [0.1, 0.15) is 5.75 Å². The summed E-state index contributed by atoms with van der Waals surface area (Å²) in [5.74, 6) is -0.927. The van der Waals surface area contributed by atoms with Crippen molar-refractivity contribution in [3.8, 4) is 5.75 Å². The van der Waals surface area contributed by atoms with E-state index in [1.54, 1.807) is 26.0 Å². The van der Waals surface area contributed by atoms with E-state index in [0.717, 1.165) is 6.26 Å². The largest absolute Gasteiger partial charge is 0.490 e. The number of carbonyl (C=O) groups excluding carboxylic acids is 1. The van der Waals surface area contributed by atoms with Crippen molar-refractivity contribution in [3.05, 3.63) is 64.2 Å². The number of carboxylic acid groups (broad SMARTS) is 1. The summed E-state index contributed by atoms with van der Waals surface area (Å²) in [6.45, 7) is 7.04. The van der Waals surface area contributed by atoms with Crippen molar-refractivity contribution in [2.75, 3.05) is 6.26 Å². The van der Waals surface area contributed by atoms with Gasteiger partial charge in [0.2, 0.25) is 0 Å². The molecule has 0 unspecified atom stereocenters. The Kier molecular flexibility index (Phi) is 6.64. The van der Waals surface area contributed by atoms with Gasteiger partial charge in [0.05, 0.1) is 16.6 Å². The molecule has 0 saturated carbocycles. The van der Waals surface area contributed by atoms with Gasteiger partial charge in [-0.3, -0.25) is 4.79 Å².